The van der Waals surface area contributed by atoms with Gasteiger partial charge in [0.1, 0.15) is 0 Å². The molecule has 0 amide bonds. The topological polar surface area (TPSA) is 49.3 Å². The second-order valence-electron chi connectivity index (χ2n) is 3.04. The van der Waals surface area contributed by atoms with Gasteiger partial charge in [-0.05, 0) is 18.6 Å². The van der Waals surface area contributed by atoms with Gasteiger partial charge in [-0.1, -0.05) is 18.2 Å². The molecule has 1 aromatic heterocycles. The van der Waals surface area contributed by atoms with E-state index in [-0.39, 0.29) is 5.57 Å². The molecule has 82 valence electrons. The Morgan fingerprint density at radius 3 is 2.87 bits per heavy atom. The molecular weight excluding hydrogens is 234 g/mol. The number of nitrogens with one attached hydrogen (secondary N) is 1. The fourth-order valence-electron chi connectivity index (χ4n) is 1.01. The van der Waals surface area contributed by atoms with Crippen LogP contribution < -0.4 is 5.32 Å². The lowest BCUT2D eigenvalue weighted by Gasteiger charge is -2.02. The van der Waals surface area contributed by atoms with Gasteiger partial charge in [-0.15, -0.1) is 11.3 Å². The Labute approximate surface area is 97.4 Å². The Morgan fingerprint density at radius 1 is 1.60 bits per heavy atom. The number of carboxylic acids is 1. The number of carbonyl (C=O) groups is 1. The van der Waals surface area contributed by atoms with E-state index in [0.717, 1.165) is 17.3 Å². The van der Waals surface area contributed by atoms with Gasteiger partial charge < -0.3 is 10.4 Å². The maximum absolute atomic E-state index is 10.4. The Balaban J connectivity index is 2.17. The van der Waals surface area contributed by atoms with Crippen molar-refractivity contribution in [1.82, 2.24) is 5.32 Å². The zero-order chi connectivity index (χ0) is 11.3. The summed E-state index contributed by atoms with van der Waals surface area (Å²) in [6.45, 7) is 4.46. The maximum atomic E-state index is 10.4. The number of hydrogen-bond acceptors (Lipinski definition) is 3. The molecule has 0 aliphatic heterocycles. The van der Waals surface area contributed by atoms with Gasteiger partial charge in [0.25, 0.3) is 0 Å². The minimum absolute atomic E-state index is 0.180. The fourth-order valence-corrected chi connectivity index (χ4v) is 2.10. The van der Waals surface area contributed by atoms with Crippen LogP contribution in [0.15, 0.2) is 24.3 Å². The van der Waals surface area contributed by atoms with Gasteiger partial charge in [0.05, 0.1) is 4.34 Å². The lowest BCUT2D eigenvalue weighted by atomic mass is 10.3. The highest BCUT2D eigenvalue weighted by Gasteiger charge is 2.02. The van der Waals surface area contributed by atoms with Crippen molar-refractivity contribution in [3.63, 3.8) is 0 Å². The first-order valence-corrected chi connectivity index (χ1v) is 5.65. The molecule has 0 bridgehead atoms. The molecular formula is C10H12ClNO2S. The van der Waals surface area contributed by atoms with Crippen LogP contribution in [-0.2, 0) is 11.2 Å². The van der Waals surface area contributed by atoms with Gasteiger partial charge in [0.2, 0.25) is 0 Å². The van der Waals surface area contributed by atoms with Gasteiger partial charge in [0, 0.05) is 23.5 Å². The molecule has 0 saturated carbocycles. The molecule has 0 spiro atoms. The second-order valence-corrected chi connectivity index (χ2v) is 4.84. The van der Waals surface area contributed by atoms with Crippen LogP contribution in [0.5, 0.6) is 0 Å². The zero-order valence-electron chi connectivity index (χ0n) is 8.12. The molecule has 1 rings (SSSR count). The van der Waals surface area contributed by atoms with Gasteiger partial charge in [-0.3, -0.25) is 0 Å². The molecule has 3 nitrogen and oxygen atoms in total. The fraction of sp³-hybridized carbons (Fsp3) is 0.300. The smallest absolute Gasteiger partial charge is 0.332 e. The predicted octanol–water partition coefficient (Wildman–Crippen LogP) is 2.17. The van der Waals surface area contributed by atoms with E-state index in [1.807, 2.05) is 12.1 Å². The summed E-state index contributed by atoms with van der Waals surface area (Å²) in [4.78, 5) is 11.6. The van der Waals surface area contributed by atoms with E-state index in [2.05, 4.69) is 11.9 Å². The highest BCUT2D eigenvalue weighted by molar-refractivity contribution is 7.16. The van der Waals surface area contributed by atoms with Crippen LogP contribution >= 0.6 is 22.9 Å². The SMILES string of the molecule is C=C(CNCCc1ccc(Cl)s1)C(=O)O. The van der Waals surface area contributed by atoms with Crippen molar-refractivity contribution in [3.05, 3.63) is 33.5 Å². The monoisotopic (exact) mass is 245 g/mol. The van der Waals surface area contributed by atoms with E-state index >= 15 is 0 Å². The van der Waals surface area contributed by atoms with Crippen LogP contribution in [0, 0.1) is 0 Å². The molecule has 0 aliphatic rings. The van der Waals surface area contributed by atoms with Gasteiger partial charge >= 0.3 is 5.97 Å². The molecule has 2 N–H and O–H groups in total. The molecule has 0 aromatic carbocycles. The number of thiophene rings is 1. The lowest BCUT2D eigenvalue weighted by Crippen LogP contribution is -2.22. The Hall–Kier alpha value is -0.840. The molecule has 0 atom stereocenters. The molecule has 5 heteroatoms. The van der Waals surface area contributed by atoms with Crippen LogP contribution in [0.3, 0.4) is 0 Å². The molecule has 0 aliphatic carbocycles. The van der Waals surface area contributed by atoms with Crippen molar-refractivity contribution < 1.29 is 9.90 Å². The van der Waals surface area contributed by atoms with E-state index < -0.39 is 5.97 Å². The molecule has 0 radical (unpaired) electrons. The van der Waals surface area contributed by atoms with E-state index in [4.69, 9.17) is 16.7 Å². The van der Waals surface area contributed by atoms with Crippen LogP contribution in [0.2, 0.25) is 4.34 Å². The van der Waals surface area contributed by atoms with Gasteiger partial charge in [0.15, 0.2) is 0 Å². The number of halogens is 1. The van der Waals surface area contributed by atoms with Crippen molar-refractivity contribution in [2.75, 3.05) is 13.1 Å². The van der Waals surface area contributed by atoms with Crippen LogP contribution in [0.25, 0.3) is 0 Å². The Bertz CT molecular complexity index is 362. The minimum Gasteiger partial charge on any atom is -0.478 e. The molecule has 0 unspecified atom stereocenters. The van der Waals surface area contributed by atoms with Crippen molar-refractivity contribution in [1.29, 1.82) is 0 Å². The van der Waals surface area contributed by atoms with Crippen molar-refractivity contribution in [3.8, 4) is 0 Å². The number of hydrogen-bond donors (Lipinski definition) is 2. The third-order valence-corrected chi connectivity index (χ3v) is 3.11. The maximum Gasteiger partial charge on any atom is 0.332 e. The van der Waals surface area contributed by atoms with E-state index in [1.165, 1.54) is 16.2 Å². The second kappa shape index (κ2) is 5.90. The van der Waals surface area contributed by atoms with Crippen molar-refractivity contribution in [2.45, 2.75) is 6.42 Å². The summed E-state index contributed by atoms with van der Waals surface area (Å²) in [5.41, 5.74) is 0.180. The third kappa shape index (κ3) is 4.46. The largest absolute Gasteiger partial charge is 0.478 e. The molecule has 1 aromatic rings. The van der Waals surface area contributed by atoms with Crippen LogP contribution in [-0.4, -0.2) is 24.2 Å². The Kier molecular flexibility index (Phi) is 4.81. The summed E-state index contributed by atoms with van der Waals surface area (Å²) in [7, 11) is 0. The zero-order valence-corrected chi connectivity index (χ0v) is 9.70. The average molecular weight is 246 g/mol. The molecule has 0 fully saturated rings. The van der Waals surface area contributed by atoms with E-state index in [1.54, 1.807) is 0 Å². The summed E-state index contributed by atoms with van der Waals surface area (Å²) < 4.78 is 0.778. The van der Waals surface area contributed by atoms with E-state index in [9.17, 15) is 4.79 Å². The Morgan fingerprint density at radius 2 is 2.33 bits per heavy atom. The first kappa shape index (κ1) is 12.2. The van der Waals surface area contributed by atoms with Crippen LogP contribution in [0.4, 0.5) is 0 Å². The van der Waals surface area contributed by atoms with Crippen LogP contribution in [0.1, 0.15) is 4.88 Å². The number of aliphatic carboxylic acids is 1. The first-order valence-electron chi connectivity index (χ1n) is 4.45. The van der Waals surface area contributed by atoms with Gasteiger partial charge in [-0.2, -0.15) is 0 Å². The predicted molar refractivity (Wildman–Crippen MR) is 62.7 cm³/mol. The quantitative estimate of drug-likeness (QED) is 0.597. The molecule has 0 saturated heterocycles. The third-order valence-electron chi connectivity index (χ3n) is 1.82. The summed E-state index contributed by atoms with van der Waals surface area (Å²) >= 11 is 7.31. The number of rotatable bonds is 6. The average Bonchev–Trinajstić information content (AvgIpc) is 2.58. The highest BCUT2D eigenvalue weighted by atomic mass is 35.5. The number of carboxylic acid groups (broad SMARTS) is 1. The first-order chi connectivity index (χ1) is 7.09. The summed E-state index contributed by atoms with van der Waals surface area (Å²) in [5, 5.41) is 11.6. The minimum atomic E-state index is -0.957. The standard InChI is InChI=1S/C10H12ClNO2S/c1-7(10(13)14)6-12-5-4-8-2-3-9(11)15-8/h2-3,12H,1,4-6H2,(H,13,14). The van der Waals surface area contributed by atoms with Crippen molar-refractivity contribution in [2.24, 2.45) is 0 Å². The summed E-state index contributed by atoms with van der Waals surface area (Å²) in [6, 6.07) is 3.83. The molecule has 15 heavy (non-hydrogen) atoms. The van der Waals surface area contributed by atoms with Gasteiger partial charge in [-0.25, -0.2) is 4.79 Å². The van der Waals surface area contributed by atoms with Crippen molar-refractivity contribution >= 4 is 28.9 Å². The highest BCUT2D eigenvalue weighted by Crippen LogP contribution is 2.21. The summed E-state index contributed by atoms with van der Waals surface area (Å²) in [5.74, 6) is -0.957. The normalized spacial score (nSPS) is 10.2. The summed E-state index contributed by atoms with van der Waals surface area (Å²) in [6.07, 6.45) is 0.851. The molecule has 1 heterocycles. The van der Waals surface area contributed by atoms with E-state index in [0.29, 0.717) is 6.54 Å². The lowest BCUT2D eigenvalue weighted by molar-refractivity contribution is -0.132.